The third-order valence-electron chi connectivity index (χ3n) is 2.16. The fourth-order valence-corrected chi connectivity index (χ4v) is 1.47. The summed E-state index contributed by atoms with van der Waals surface area (Å²) in [5.74, 6) is 1.49. The van der Waals surface area contributed by atoms with Gasteiger partial charge in [-0.3, -0.25) is 0 Å². The Morgan fingerprint density at radius 1 is 1.57 bits per heavy atom. The second-order valence-electron chi connectivity index (χ2n) is 3.19. The van der Waals surface area contributed by atoms with Gasteiger partial charge in [0.25, 0.3) is 0 Å². The molecule has 1 aliphatic rings. The average molecular weight is 195 g/mol. The minimum absolute atomic E-state index is 0.0114. The third kappa shape index (κ3) is 1.66. The summed E-state index contributed by atoms with van der Waals surface area (Å²) in [5.41, 5.74) is 6.81. The lowest BCUT2D eigenvalue weighted by Crippen LogP contribution is -2.10. The maximum Gasteiger partial charge on any atom is 0.127 e. The quantitative estimate of drug-likeness (QED) is 0.735. The van der Waals surface area contributed by atoms with Gasteiger partial charge in [-0.2, -0.15) is 0 Å². The predicted octanol–water partition coefficient (Wildman–Crippen LogP) is 0.450. The van der Waals surface area contributed by atoms with Gasteiger partial charge in [-0.15, -0.1) is 0 Å². The Kier molecular flexibility index (Phi) is 2.56. The molecule has 0 unspecified atom stereocenters. The molecule has 1 aromatic rings. The molecule has 0 saturated heterocycles. The van der Waals surface area contributed by atoms with Gasteiger partial charge in [0.2, 0.25) is 0 Å². The molecule has 0 saturated carbocycles. The maximum atomic E-state index is 8.59. The van der Waals surface area contributed by atoms with Crippen molar-refractivity contribution in [3.63, 3.8) is 0 Å². The molecule has 4 heteroatoms. The van der Waals surface area contributed by atoms with Crippen molar-refractivity contribution in [1.82, 2.24) is 0 Å². The predicted molar refractivity (Wildman–Crippen MR) is 51.4 cm³/mol. The zero-order valence-electron chi connectivity index (χ0n) is 7.77. The first-order chi connectivity index (χ1) is 6.81. The van der Waals surface area contributed by atoms with Gasteiger partial charge in [0.15, 0.2) is 0 Å². The molecule has 0 spiro atoms. The van der Waals surface area contributed by atoms with Crippen LogP contribution in [0.1, 0.15) is 11.6 Å². The summed E-state index contributed by atoms with van der Waals surface area (Å²) in [6.45, 7) is 0.834. The van der Waals surface area contributed by atoms with E-state index < -0.39 is 0 Å². The largest absolute Gasteiger partial charge is 0.491 e. The molecule has 1 aromatic carbocycles. The molecular formula is C10H13NO3. The van der Waals surface area contributed by atoms with E-state index in [4.69, 9.17) is 20.3 Å². The minimum atomic E-state index is -0.0307. The highest BCUT2D eigenvalue weighted by Gasteiger charge is 2.20. The molecule has 0 fully saturated rings. The van der Waals surface area contributed by atoms with E-state index in [0.29, 0.717) is 19.0 Å². The van der Waals surface area contributed by atoms with Crippen LogP contribution in [-0.4, -0.2) is 24.9 Å². The molecule has 2 rings (SSSR count). The fraction of sp³-hybridized carbons (Fsp3) is 0.400. The van der Waals surface area contributed by atoms with Crippen LogP contribution in [0.5, 0.6) is 11.5 Å². The van der Waals surface area contributed by atoms with Crippen molar-refractivity contribution in [2.24, 2.45) is 5.73 Å². The van der Waals surface area contributed by atoms with Crippen LogP contribution in [0.2, 0.25) is 0 Å². The summed E-state index contributed by atoms with van der Waals surface area (Å²) in [4.78, 5) is 0. The molecule has 14 heavy (non-hydrogen) atoms. The van der Waals surface area contributed by atoms with E-state index in [0.717, 1.165) is 11.3 Å². The van der Waals surface area contributed by atoms with Gasteiger partial charge in [0.1, 0.15) is 24.7 Å². The summed E-state index contributed by atoms with van der Waals surface area (Å²) in [6, 6.07) is 5.51. The molecule has 1 aliphatic heterocycles. The number of hydrogen-bond donors (Lipinski definition) is 2. The Labute approximate surface area is 82.2 Å². The van der Waals surface area contributed by atoms with Crippen molar-refractivity contribution in [3.8, 4) is 11.5 Å². The lowest BCUT2D eigenvalue weighted by Gasteiger charge is -2.06. The van der Waals surface area contributed by atoms with E-state index in [2.05, 4.69) is 0 Å². The number of nitrogens with two attached hydrogens (primary N) is 1. The van der Waals surface area contributed by atoms with Crippen molar-refractivity contribution in [2.75, 3.05) is 19.8 Å². The maximum absolute atomic E-state index is 8.59. The smallest absolute Gasteiger partial charge is 0.127 e. The van der Waals surface area contributed by atoms with E-state index in [1.54, 1.807) is 6.07 Å². The summed E-state index contributed by atoms with van der Waals surface area (Å²) in [6.07, 6.45) is 0. The highest BCUT2D eigenvalue weighted by Crippen LogP contribution is 2.33. The molecule has 0 aliphatic carbocycles. The Morgan fingerprint density at radius 2 is 2.43 bits per heavy atom. The summed E-state index contributed by atoms with van der Waals surface area (Å²) >= 11 is 0. The third-order valence-corrected chi connectivity index (χ3v) is 2.16. The summed E-state index contributed by atoms with van der Waals surface area (Å²) in [5, 5.41) is 8.59. The van der Waals surface area contributed by atoms with Crippen molar-refractivity contribution in [3.05, 3.63) is 23.8 Å². The Bertz CT molecular complexity index is 327. The standard InChI is InChI=1S/C10H13NO3/c11-9-6-14-10-5-7(13-4-3-12)1-2-8(9)10/h1-2,5,9,12H,3-4,6,11H2/t9-/m1/s1. The monoisotopic (exact) mass is 195 g/mol. The highest BCUT2D eigenvalue weighted by atomic mass is 16.5. The Morgan fingerprint density at radius 3 is 3.21 bits per heavy atom. The molecular weight excluding hydrogens is 182 g/mol. The Balaban J connectivity index is 2.15. The van der Waals surface area contributed by atoms with E-state index >= 15 is 0 Å². The van der Waals surface area contributed by atoms with Gasteiger partial charge in [-0.05, 0) is 12.1 Å². The van der Waals surface area contributed by atoms with E-state index in [1.165, 1.54) is 0 Å². The molecule has 1 heterocycles. The molecule has 0 radical (unpaired) electrons. The van der Waals surface area contributed by atoms with Crippen LogP contribution < -0.4 is 15.2 Å². The first kappa shape index (κ1) is 9.30. The number of ether oxygens (including phenoxy) is 2. The zero-order chi connectivity index (χ0) is 9.97. The van der Waals surface area contributed by atoms with Crippen molar-refractivity contribution >= 4 is 0 Å². The summed E-state index contributed by atoms with van der Waals surface area (Å²) in [7, 11) is 0. The second kappa shape index (κ2) is 3.86. The minimum Gasteiger partial charge on any atom is -0.491 e. The van der Waals surface area contributed by atoms with Gasteiger partial charge in [0, 0.05) is 11.6 Å². The van der Waals surface area contributed by atoms with Crippen LogP contribution in [0.25, 0.3) is 0 Å². The van der Waals surface area contributed by atoms with Crippen LogP contribution in [0, 0.1) is 0 Å². The molecule has 0 amide bonds. The first-order valence-corrected chi connectivity index (χ1v) is 4.57. The number of aliphatic hydroxyl groups excluding tert-OH is 1. The normalized spacial score (nSPS) is 18.9. The number of fused-ring (bicyclic) bond motifs is 1. The van der Waals surface area contributed by atoms with Crippen LogP contribution >= 0.6 is 0 Å². The highest BCUT2D eigenvalue weighted by molar-refractivity contribution is 5.44. The topological polar surface area (TPSA) is 64.7 Å². The van der Waals surface area contributed by atoms with Gasteiger partial charge in [-0.25, -0.2) is 0 Å². The molecule has 0 bridgehead atoms. The number of benzene rings is 1. The number of aliphatic hydroxyl groups is 1. The number of hydrogen-bond acceptors (Lipinski definition) is 4. The number of rotatable bonds is 3. The van der Waals surface area contributed by atoms with Crippen molar-refractivity contribution in [2.45, 2.75) is 6.04 Å². The van der Waals surface area contributed by atoms with Crippen LogP contribution in [-0.2, 0) is 0 Å². The molecule has 76 valence electrons. The summed E-state index contributed by atoms with van der Waals surface area (Å²) < 4.78 is 10.6. The zero-order valence-corrected chi connectivity index (χ0v) is 7.77. The van der Waals surface area contributed by atoms with Gasteiger partial charge < -0.3 is 20.3 Å². The fourth-order valence-electron chi connectivity index (χ4n) is 1.47. The molecule has 4 nitrogen and oxygen atoms in total. The van der Waals surface area contributed by atoms with Crippen molar-refractivity contribution < 1.29 is 14.6 Å². The lowest BCUT2D eigenvalue weighted by molar-refractivity contribution is 0.201. The average Bonchev–Trinajstić information content (AvgIpc) is 2.57. The first-order valence-electron chi connectivity index (χ1n) is 4.57. The van der Waals surface area contributed by atoms with Crippen LogP contribution in [0.15, 0.2) is 18.2 Å². The van der Waals surface area contributed by atoms with Gasteiger partial charge in [-0.1, -0.05) is 0 Å². The second-order valence-corrected chi connectivity index (χ2v) is 3.19. The Hall–Kier alpha value is -1.26. The van der Waals surface area contributed by atoms with Gasteiger partial charge >= 0.3 is 0 Å². The molecule has 1 atom stereocenters. The van der Waals surface area contributed by atoms with E-state index in [1.807, 2.05) is 12.1 Å². The molecule has 0 aromatic heterocycles. The SMILES string of the molecule is N[C@@H]1COc2cc(OCCO)ccc21. The molecule has 3 N–H and O–H groups in total. The van der Waals surface area contributed by atoms with Crippen LogP contribution in [0.4, 0.5) is 0 Å². The van der Waals surface area contributed by atoms with E-state index in [-0.39, 0.29) is 12.6 Å². The lowest BCUT2D eigenvalue weighted by atomic mass is 10.1. The van der Waals surface area contributed by atoms with Crippen LogP contribution in [0.3, 0.4) is 0 Å². The van der Waals surface area contributed by atoms with Gasteiger partial charge in [0.05, 0.1) is 12.6 Å². The van der Waals surface area contributed by atoms with E-state index in [9.17, 15) is 0 Å². The van der Waals surface area contributed by atoms with Crippen molar-refractivity contribution in [1.29, 1.82) is 0 Å².